The number of phenols is 1. The Morgan fingerprint density at radius 3 is 2.20 bits per heavy atom. The number of aliphatic imine (C=N–C) groups is 1. The van der Waals surface area contributed by atoms with E-state index in [2.05, 4.69) is 25.9 Å². The number of guanidine groups is 1. The van der Waals surface area contributed by atoms with Gasteiger partial charge in [-0.15, -0.1) is 0 Å². The van der Waals surface area contributed by atoms with Crippen LogP contribution in [0.2, 0.25) is 0 Å². The van der Waals surface area contributed by atoms with Crippen LogP contribution < -0.4 is 32.8 Å². The van der Waals surface area contributed by atoms with Crippen LogP contribution in [0.25, 0.3) is 10.9 Å². The Morgan fingerprint density at radius 1 is 0.824 bits per heavy atom. The molecule has 51 heavy (non-hydrogen) atoms. The summed E-state index contributed by atoms with van der Waals surface area (Å²) in [5, 5.41) is 28.4. The molecule has 0 spiro atoms. The maximum absolute atomic E-state index is 13.8. The standard InChI is InChI=1S/C35H41N9O7/c36-32(47)29(20-24-21-39-27-10-5-4-9-26(24)27)42-33(48)28(11-6-18-38-35(37)43-44(50)51)41-34(49)30(19-23-7-2-1-3-8-23)40-31(46)17-14-22-12-15-25(45)16-13-22/h1-5,7-10,12-13,15-16,21,28-30,39,45H,6,11,14,17-20H2,(H2,36,47)(H,40,46)(H,41,49)(H,42,48)(H3,37,38,43)/t28-,29-,30+/m0/s1. The van der Waals surface area contributed by atoms with Gasteiger partial charge in [0.05, 0.1) is 0 Å². The number of nitrogens with one attached hydrogen (secondary N) is 5. The molecule has 0 aliphatic heterocycles. The molecule has 0 radical (unpaired) electrons. The first-order valence-corrected chi connectivity index (χ1v) is 16.3. The van der Waals surface area contributed by atoms with Gasteiger partial charge in [0, 0.05) is 42.9 Å². The van der Waals surface area contributed by atoms with Gasteiger partial charge in [-0.3, -0.25) is 19.2 Å². The Labute approximate surface area is 293 Å². The van der Waals surface area contributed by atoms with E-state index in [9.17, 15) is 34.4 Å². The molecule has 268 valence electrons. The summed E-state index contributed by atoms with van der Waals surface area (Å²) in [7, 11) is 0. The lowest BCUT2D eigenvalue weighted by Crippen LogP contribution is -2.57. The van der Waals surface area contributed by atoms with Crippen LogP contribution >= 0.6 is 0 Å². The number of rotatable bonds is 18. The second-order valence-corrected chi connectivity index (χ2v) is 11.8. The topological polar surface area (TPSA) is 260 Å². The van der Waals surface area contributed by atoms with Gasteiger partial charge in [-0.1, -0.05) is 66.1 Å². The van der Waals surface area contributed by atoms with Crippen LogP contribution in [0.5, 0.6) is 5.75 Å². The summed E-state index contributed by atoms with van der Waals surface area (Å²) in [5.41, 5.74) is 16.1. The van der Waals surface area contributed by atoms with E-state index >= 15 is 0 Å². The predicted molar refractivity (Wildman–Crippen MR) is 189 cm³/mol. The number of hydrazine groups is 1. The summed E-state index contributed by atoms with van der Waals surface area (Å²) >= 11 is 0. The van der Waals surface area contributed by atoms with Gasteiger partial charge in [0.25, 0.3) is 5.96 Å². The number of fused-ring (bicyclic) bond motifs is 1. The van der Waals surface area contributed by atoms with Crippen LogP contribution in [0.4, 0.5) is 0 Å². The zero-order valence-electron chi connectivity index (χ0n) is 27.7. The van der Waals surface area contributed by atoms with Crippen molar-refractivity contribution in [2.75, 3.05) is 6.54 Å². The molecule has 0 fully saturated rings. The number of carbonyl (C=O) groups excluding carboxylic acids is 4. The van der Waals surface area contributed by atoms with E-state index in [1.165, 1.54) is 12.1 Å². The third-order valence-corrected chi connectivity index (χ3v) is 8.04. The number of nitro groups is 1. The van der Waals surface area contributed by atoms with Crippen molar-refractivity contribution in [1.82, 2.24) is 26.4 Å². The van der Waals surface area contributed by atoms with Crippen molar-refractivity contribution < 1.29 is 29.3 Å². The molecule has 0 bridgehead atoms. The maximum Gasteiger partial charge on any atom is 0.251 e. The van der Waals surface area contributed by atoms with Crippen LogP contribution in [0.1, 0.15) is 36.0 Å². The van der Waals surface area contributed by atoms with E-state index in [-0.39, 0.29) is 44.4 Å². The van der Waals surface area contributed by atoms with Gasteiger partial charge in [-0.05, 0) is 54.2 Å². The van der Waals surface area contributed by atoms with Crippen molar-refractivity contribution in [3.63, 3.8) is 0 Å². The predicted octanol–water partition coefficient (Wildman–Crippen LogP) is 1.11. The Kier molecular flexibility index (Phi) is 13.4. The van der Waals surface area contributed by atoms with Crippen LogP contribution in [0, 0.1) is 10.1 Å². The third-order valence-electron chi connectivity index (χ3n) is 8.04. The highest BCUT2D eigenvalue weighted by Crippen LogP contribution is 2.19. The van der Waals surface area contributed by atoms with E-state index in [1.807, 2.05) is 30.3 Å². The second kappa shape index (κ2) is 18.4. The fourth-order valence-corrected chi connectivity index (χ4v) is 5.43. The van der Waals surface area contributed by atoms with Crippen LogP contribution in [-0.4, -0.2) is 69.4 Å². The minimum atomic E-state index is -1.21. The van der Waals surface area contributed by atoms with Crippen molar-refractivity contribution in [3.8, 4) is 5.75 Å². The lowest BCUT2D eigenvalue weighted by Gasteiger charge is -2.25. The summed E-state index contributed by atoms with van der Waals surface area (Å²) in [4.78, 5) is 70.8. The first-order chi connectivity index (χ1) is 24.5. The summed E-state index contributed by atoms with van der Waals surface area (Å²) in [6, 6.07) is 19.5. The molecule has 1 heterocycles. The number of primary amides is 1. The number of nitrogens with two attached hydrogens (primary N) is 2. The van der Waals surface area contributed by atoms with Gasteiger partial charge in [-0.25, -0.2) is 15.1 Å². The molecular formula is C35H41N9O7. The number of H-pyrrole nitrogens is 1. The van der Waals surface area contributed by atoms with Crippen molar-refractivity contribution >= 4 is 40.5 Å². The van der Waals surface area contributed by atoms with Crippen LogP contribution in [0.15, 0.2) is 90.1 Å². The zero-order chi connectivity index (χ0) is 36.8. The van der Waals surface area contributed by atoms with Crippen molar-refractivity contribution in [3.05, 3.63) is 112 Å². The molecule has 1 aromatic heterocycles. The van der Waals surface area contributed by atoms with E-state index < -0.39 is 52.7 Å². The summed E-state index contributed by atoms with van der Waals surface area (Å²) in [6.45, 7) is -0.0254. The van der Waals surface area contributed by atoms with Gasteiger partial charge < -0.3 is 37.5 Å². The molecule has 3 atom stereocenters. The molecule has 16 nitrogen and oxygen atoms in total. The number of hydrogen-bond donors (Lipinski definition) is 8. The lowest BCUT2D eigenvalue weighted by atomic mass is 10.0. The number of aromatic amines is 1. The van der Waals surface area contributed by atoms with Gasteiger partial charge in [0.2, 0.25) is 23.6 Å². The molecule has 0 aliphatic carbocycles. The number of aromatic hydroxyl groups is 1. The van der Waals surface area contributed by atoms with Gasteiger partial charge in [-0.2, -0.15) is 0 Å². The normalized spacial score (nSPS) is 13.1. The number of aromatic nitrogens is 1. The van der Waals surface area contributed by atoms with Crippen molar-refractivity contribution in [2.45, 2.75) is 56.7 Å². The molecule has 0 aliphatic rings. The molecule has 10 N–H and O–H groups in total. The van der Waals surface area contributed by atoms with Crippen molar-refractivity contribution in [2.24, 2.45) is 16.5 Å². The fourth-order valence-electron chi connectivity index (χ4n) is 5.43. The van der Waals surface area contributed by atoms with E-state index in [4.69, 9.17) is 11.5 Å². The monoisotopic (exact) mass is 699 g/mol. The minimum Gasteiger partial charge on any atom is -0.508 e. The summed E-state index contributed by atoms with van der Waals surface area (Å²) in [5.74, 6) is -2.88. The number of carbonyl (C=O) groups is 4. The van der Waals surface area contributed by atoms with Crippen LogP contribution in [0.3, 0.4) is 0 Å². The van der Waals surface area contributed by atoms with Gasteiger partial charge >= 0.3 is 0 Å². The minimum absolute atomic E-state index is 0.00175. The molecule has 0 saturated carbocycles. The molecule has 3 aromatic carbocycles. The average molecular weight is 700 g/mol. The average Bonchev–Trinajstić information content (AvgIpc) is 3.51. The smallest absolute Gasteiger partial charge is 0.251 e. The van der Waals surface area contributed by atoms with Gasteiger partial charge in [0.1, 0.15) is 23.9 Å². The highest BCUT2D eigenvalue weighted by molar-refractivity contribution is 5.94. The molecule has 4 aromatic rings. The molecule has 16 heteroatoms. The molecular weight excluding hydrogens is 658 g/mol. The molecule has 4 amide bonds. The first-order valence-electron chi connectivity index (χ1n) is 16.3. The Balaban J connectivity index is 1.51. The summed E-state index contributed by atoms with van der Waals surface area (Å²) < 4.78 is 0. The number of phenolic OH excluding ortho intramolecular Hbond substituents is 1. The number of aryl methyl sites for hydroxylation is 1. The van der Waals surface area contributed by atoms with E-state index in [1.54, 1.807) is 48.0 Å². The molecule has 0 saturated heterocycles. The number of hydrogen-bond acceptors (Lipinski definition) is 8. The number of nitrogens with zero attached hydrogens (tertiary/aromatic N) is 2. The fraction of sp³-hybridized carbons (Fsp3) is 0.286. The van der Waals surface area contributed by atoms with E-state index in [0.29, 0.717) is 6.42 Å². The van der Waals surface area contributed by atoms with Crippen molar-refractivity contribution in [1.29, 1.82) is 0 Å². The SMILES string of the molecule is NC(=O)[C@H](Cc1c[nH]c2ccccc12)NC(=O)[C@H](CCCN=C(N)N[N+](=O)[O-])NC(=O)[C@@H](Cc1ccccc1)NC(=O)CCc1ccc(O)cc1. The highest BCUT2D eigenvalue weighted by atomic mass is 16.7. The zero-order valence-corrected chi connectivity index (χ0v) is 27.7. The number of para-hydroxylation sites is 1. The number of benzene rings is 3. The summed E-state index contributed by atoms with van der Waals surface area (Å²) in [6.07, 6.45) is 2.49. The van der Waals surface area contributed by atoms with E-state index in [0.717, 1.165) is 27.6 Å². The Morgan fingerprint density at radius 2 is 1.49 bits per heavy atom. The van der Waals surface area contributed by atoms with Gasteiger partial charge in [0.15, 0.2) is 5.03 Å². The van der Waals surface area contributed by atoms with Crippen LogP contribution in [-0.2, 0) is 38.4 Å². The highest BCUT2D eigenvalue weighted by Gasteiger charge is 2.29. The largest absolute Gasteiger partial charge is 0.508 e. The second-order valence-electron chi connectivity index (χ2n) is 11.8. The Bertz CT molecular complexity index is 1850. The number of amides is 4. The third kappa shape index (κ3) is 11.9. The maximum atomic E-state index is 13.8. The molecule has 4 rings (SSSR count). The lowest BCUT2D eigenvalue weighted by molar-refractivity contribution is -0.525. The Hall–Kier alpha value is -6.45. The quantitative estimate of drug-likeness (QED) is 0.0243. The first kappa shape index (κ1) is 37.4. The molecule has 0 unspecified atom stereocenters.